The molecule has 9 nitrogen and oxygen atoms in total. The summed E-state index contributed by atoms with van der Waals surface area (Å²) in [4.78, 5) is 28.7. The van der Waals surface area contributed by atoms with Crippen molar-refractivity contribution in [3.05, 3.63) is 24.3 Å². The maximum absolute atomic E-state index is 12.8. The number of sulfonamides is 1. The molecule has 0 bridgehead atoms. The third kappa shape index (κ3) is 5.28. The number of halogens is 3. The van der Waals surface area contributed by atoms with Gasteiger partial charge in [-0.05, 0) is 38.1 Å². The molecule has 13 heteroatoms. The fourth-order valence-corrected chi connectivity index (χ4v) is 4.92. The highest BCUT2D eigenvalue weighted by atomic mass is 32.2. The second-order valence-electron chi connectivity index (χ2n) is 7.52. The number of alkyl halides is 3. The summed E-state index contributed by atoms with van der Waals surface area (Å²) in [6.45, 7) is 4.69. The average molecular weight is 464 g/mol. The lowest BCUT2D eigenvalue weighted by Gasteiger charge is -2.35. The minimum Gasteiger partial charge on any atom is -0.406 e. The molecule has 3 rings (SSSR count). The third-order valence-corrected chi connectivity index (χ3v) is 6.90. The highest BCUT2D eigenvalue weighted by Gasteiger charge is 2.39. The number of carbonyl (C=O) groups is 2. The van der Waals surface area contributed by atoms with E-state index in [2.05, 4.69) is 4.74 Å². The van der Waals surface area contributed by atoms with E-state index < -0.39 is 22.1 Å². The zero-order valence-electron chi connectivity index (χ0n) is 17.0. The van der Waals surface area contributed by atoms with Crippen LogP contribution in [-0.2, 0) is 14.8 Å². The van der Waals surface area contributed by atoms with Gasteiger partial charge in [0, 0.05) is 32.2 Å². The zero-order valence-corrected chi connectivity index (χ0v) is 17.8. The van der Waals surface area contributed by atoms with Gasteiger partial charge < -0.3 is 9.64 Å². The molecule has 0 unspecified atom stereocenters. The van der Waals surface area contributed by atoms with Gasteiger partial charge in [0.25, 0.3) is 5.91 Å². The van der Waals surface area contributed by atoms with Gasteiger partial charge in [0.15, 0.2) is 0 Å². The molecule has 3 amide bonds. The van der Waals surface area contributed by atoms with E-state index in [4.69, 9.17) is 0 Å². The van der Waals surface area contributed by atoms with Gasteiger partial charge in [0.05, 0.1) is 11.6 Å². The van der Waals surface area contributed by atoms with Gasteiger partial charge in [-0.1, -0.05) is 0 Å². The Morgan fingerprint density at radius 1 is 1.03 bits per heavy atom. The van der Waals surface area contributed by atoms with Gasteiger partial charge in [-0.15, -0.1) is 13.2 Å². The summed E-state index contributed by atoms with van der Waals surface area (Å²) in [5.74, 6) is -0.768. The van der Waals surface area contributed by atoms with E-state index in [1.54, 1.807) is 13.8 Å². The first kappa shape index (κ1) is 23.3. The predicted octanol–water partition coefficient (Wildman–Crippen LogP) is 1.52. The van der Waals surface area contributed by atoms with E-state index in [1.807, 2.05) is 4.90 Å². The number of nitrogens with zero attached hydrogens (tertiary/aromatic N) is 4. The first-order valence-electron chi connectivity index (χ1n) is 9.58. The number of urea groups is 1. The van der Waals surface area contributed by atoms with Crippen molar-refractivity contribution in [1.29, 1.82) is 0 Å². The van der Waals surface area contributed by atoms with Gasteiger partial charge in [0.1, 0.15) is 12.3 Å². The lowest BCUT2D eigenvalue weighted by molar-refractivity contribution is -0.274. The summed E-state index contributed by atoms with van der Waals surface area (Å²) < 4.78 is 67.3. The molecule has 0 atom stereocenters. The van der Waals surface area contributed by atoms with E-state index in [0.29, 0.717) is 13.1 Å². The number of carbonyl (C=O) groups excluding carboxylic acids is 2. The summed E-state index contributed by atoms with van der Waals surface area (Å²) >= 11 is 0. The van der Waals surface area contributed by atoms with Crippen molar-refractivity contribution >= 4 is 22.0 Å². The molecule has 0 radical (unpaired) electrons. The maximum atomic E-state index is 12.8. The Hall–Kier alpha value is -2.38. The lowest BCUT2D eigenvalue weighted by atomic mass is 10.3. The number of benzene rings is 1. The Kier molecular flexibility index (Phi) is 6.48. The van der Waals surface area contributed by atoms with Crippen molar-refractivity contribution in [3.8, 4) is 5.75 Å². The largest absolute Gasteiger partial charge is 0.573 e. The number of hydrogen-bond acceptors (Lipinski definition) is 6. The lowest BCUT2D eigenvalue weighted by Crippen LogP contribution is -2.52. The molecular weight excluding hydrogens is 441 g/mol. The predicted molar refractivity (Wildman–Crippen MR) is 102 cm³/mol. The Morgan fingerprint density at radius 3 is 2.10 bits per heavy atom. The molecule has 2 saturated heterocycles. The van der Waals surface area contributed by atoms with E-state index in [0.717, 1.165) is 24.3 Å². The monoisotopic (exact) mass is 464 g/mol. The summed E-state index contributed by atoms with van der Waals surface area (Å²) in [6.07, 6.45) is -4.86. The molecule has 0 spiro atoms. The number of hydrogen-bond donors (Lipinski definition) is 0. The Morgan fingerprint density at radius 2 is 1.61 bits per heavy atom. The Labute approximate surface area is 178 Å². The molecule has 0 N–H and O–H groups in total. The van der Waals surface area contributed by atoms with Gasteiger partial charge in [-0.25, -0.2) is 13.2 Å². The van der Waals surface area contributed by atoms with Crippen LogP contribution in [0.5, 0.6) is 5.75 Å². The van der Waals surface area contributed by atoms with Crippen molar-refractivity contribution in [1.82, 2.24) is 19.0 Å². The molecule has 0 saturated carbocycles. The number of piperazine rings is 1. The van der Waals surface area contributed by atoms with Crippen LogP contribution in [0.25, 0.3) is 0 Å². The first-order valence-corrected chi connectivity index (χ1v) is 11.0. The van der Waals surface area contributed by atoms with Crippen molar-refractivity contribution in [3.63, 3.8) is 0 Å². The molecule has 172 valence electrons. The molecule has 2 fully saturated rings. The fourth-order valence-electron chi connectivity index (χ4n) is 3.50. The Balaban J connectivity index is 1.58. The molecule has 2 aliphatic rings. The van der Waals surface area contributed by atoms with Crippen LogP contribution in [0, 0.1) is 0 Å². The van der Waals surface area contributed by atoms with Crippen LogP contribution in [-0.4, -0.2) is 91.2 Å². The quantitative estimate of drug-likeness (QED) is 0.593. The maximum Gasteiger partial charge on any atom is 0.573 e. The van der Waals surface area contributed by atoms with E-state index in [-0.39, 0.29) is 49.2 Å². The normalized spacial score (nSPS) is 19.5. The van der Waals surface area contributed by atoms with Gasteiger partial charge in [-0.3, -0.25) is 14.6 Å². The van der Waals surface area contributed by atoms with Crippen molar-refractivity contribution < 1.29 is 35.9 Å². The number of amides is 3. The average Bonchev–Trinajstić information content (AvgIpc) is 2.94. The van der Waals surface area contributed by atoms with E-state index in [1.165, 1.54) is 14.1 Å². The number of rotatable bonds is 6. The highest BCUT2D eigenvalue weighted by Crippen LogP contribution is 2.25. The summed E-state index contributed by atoms with van der Waals surface area (Å²) in [5, 5.41) is 0. The van der Waals surface area contributed by atoms with Crippen LogP contribution < -0.4 is 4.74 Å². The zero-order chi connectivity index (χ0) is 23.0. The number of imide groups is 1. The van der Waals surface area contributed by atoms with Crippen molar-refractivity contribution in [2.45, 2.75) is 31.1 Å². The standard InChI is InChI=1S/C18H23F3N4O5S/c1-13(2)25-16(26)11-23(17(25)27)12-22-7-9-24(10-8-22)31(28,29)15-5-3-14(4-6-15)30-18(19,20)21/h3-6,13H,7-12H2,1-2H3. The van der Waals surface area contributed by atoms with Crippen LogP contribution in [0.1, 0.15) is 13.8 Å². The smallest absolute Gasteiger partial charge is 0.406 e. The topological polar surface area (TPSA) is 90.5 Å². The Bertz CT molecular complexity index is 929. The molecule has 2 heterocycles. The molecular formula is C18H23F3N4O5S. The fraction of sp³-hybridized carbons (Fsp3) is 0.556. The SMILES string of the molecule is CC(C)N1C(=O)CN(CN2CCN(S(=O)(=O)c3ccc(OC(F)(F)F)cc3)CC2)C1=O. The molecule has 2 aliphatic heterocycles. The van der Waals surface area contributed by atoms with Crippen LogP contribution in [0.4, 0.5) is 18.0 Å². The first-order chi connectivity index (χ1) is 14.4. The molecule has 31 heavy (non-hydrogen) atoms. The molecule has 0 aromatic heterocycles. The van der Waals surface area contributed by atoms with Crippen LogP contribution in [0.3, 0.4) is 0 Å². The van der Waals surface area contributed by atoms with Crippen molar-refractivity contribution in [2.24, 2.45) is 0 Å². The molecule has 1 aromatic rings. The second-order valence-corrected chi connectivity index (χ2v) is 9.46. The van der Waals surface area contributed by atoms with E-state index >= 15 is 0 Å². The third-order valence-electron chi connectivity index (χ3n) is 4.98. The van der Waals surface area contributed by atoms with E-state index in [9.17, 15) is 31.2 Å². The summed E-state index contributed by atoms with van der Waals surface area (Å²) in [7, 11) is -3.89. The van der Waals surface area contributed by atoms with Gasteiger partial charge in [-0.2, -0.15) is 4.31 Å². The number of ether oxygens (including phenoxy) is 1. The molecule has 0 aliphatic carbocycles. The van der Waals surface area contributed by atoms with Crippen LogP contribution >= 0.6 is 0 Å². The highest BCUT2D eigenvalue weighted by molar-refractivity contribution is 7.89. The second kappa shape index (κ2) is 8.63. The van der Waals surface area contributed by atoms with Gasteiger partial charge in [0.2, 0.25) is 10.0 Å². The summed E-state index contributed by atoms with van der Waals surface area (Å²) in [5.41, 5.74) is 0. The summed E-state index contributed by atoms with van der Waals surface area (Å²) in [6, 6.07) is 3.44. The molecule has 1 aromatic carbocycles. The minimum atomic E-state index is -4.86. The van der Waals surface area contributed by atoms with Crippen molar-refractivity contribution in [2.75, 3.05) is 39.4 Å². The van der Waals surface area contributed by atoms with Gasteiger partial charge >= 0.3 is 12.4 Å². The van der Waals surface area contributed by atoms with Crippen LogP contribution in [0.2, 0.25) is 0 Å². The minimum absolute atomic E-state index is 0.0120. The van der Waals surface area contributed by atoms with Crippen LogP contribution in [0.15, 0.2) is 29.2 Å².